The number of nitrogens with two attached hydrogens (primary N) is 1. The summed E-state index contributed by atoms with van der Waals surface area (Å²) in [6.45, 7) is 4.09. The van der Waals surface area contributed by atoms with Crippen molar-refractivity contribution >= 4 is 5.69 Å². The molecule has 4 heteroatoms. The number of hydrogen-bond donors (Lipinski definition) is 2. The van der Waals surface area contributed by atoms with Gasteiger partial charge in [0.25, 0.3) is 0 Å². The minimum Gasteiger partial charge on any atom is -0.398 e. The van der Waals surface area contributed by atoms with Crippen LogP contribution in [0.2, 0.25) is 0 Å². The quantitative estimate of drug-likeness (QED) is 0.774. The Hall–Kier alpha value is -1.81. The van der Waals surface area contributed by atoms with Gasteiger partial charge in [-0.3, -0.25) is 10.00 Å². The van der Waals surface area contributed by atoms with E-state index in [4.69, 9.17) is 5.73 Å². The lowest BCUT2D eigenvalue weighted by atomic mass is 10.1. The smallest absolute Gasteiger partial charge is 0.0535 e. The lowest BCUT2D eigenvalue weighted by Gasteiger charge is -2.22. The van der Waals surface area contributed by atoms with E-state index in [1.807, 2.05) is 24.5 Å². The van der Waals surface area contributed by atoms with Crippen molar-refractivity contribution in [3.05, 3.63) is 47.3 Å². The molecule has 0 saturated heterocycles. The van der Waals surface area contributed by atoms with Gasteiger partial charge in [-0.25, -0.2) is 0 Å². The van der Waals surface area contributed by atoms with Crippen molar-refractivity contribution in [3.8, 4) is 0 Å². The first kappa shape index (κ1) is 10.4. The predicted octanol–water partition coefficient (Wildman–Crippen LogP) is 2.07. The van der Waals surface area contributed by atoms with Gasteiger partial charge in [-0.1, -0.05) is 12.1 Å². The van der Waals surface area contributed by atoms with Gasteiger partial charge in [-0.05, 0) is 24.1 Å². The maximum Gasteiger partial charge on any atom is 0.0535 e. The molecule has 0 fully saturated rings. The molecule has 2 heterocycles. The van der Waals surface area contributed by atoms with Crippen LogP contribution in [0.4, 0.5) is 5.69 Å². The molecule has 1 aromatic heterocycles. The molecule has 3 N–H and O–H groups in total. The largest absolute Gasteiger partial charge is 0.398 e. The van der Waals surface area contributed by atoms with Gasteiger partial charge < -0.3 is 5.73 Å². The zero-order chi connectivity index (χ0) is 11.8. The number of nitrogen functional groups attached to an aromatic ring is 1. The van der Waals surface area contributed by atoms with Crippen LogP contribution in [0.25, 0.3) is 0 Å². The number of H-pyrrole nitrogens is 1. The minimum absolute atomic E-state index is 0.362. The molecule has 3 rings (SSSR count). The fourth-order valence-corrected chi connectivity index (χ4v) is 2.45. The van der Waals surface area contributed by atoms with Gasteiger partial charge in [0.1, 0.15) is 0 Å². The first-order valence-corrected chi connectivity index (χ1v) is 5.84. The third kappa shape index (κ3) is 1.70. The zero-order valence-electron chi connectivity index (χ0n) is 9.85. The highest BCUT2D eigenvalue weighted by atomic mass is 15.2. The Morgan fingerprint density at radius 2 is 2.29 bits per heavy atom. The second kappa shape index (κ2) is 3.89. The van der Waals surface area contributed by atoms with E-state index < -0.39 is 0 Å². The van der Waals surface area contributed by atoms with Crippen LogP contribution in [0.1, 0.15) is 29.7 Å². The van der Waals surface area contributed by atoms with Crippen molar-refractivity contribution in [2.24, 2.45) is 0 Å². The lowest BCUT2D eigenvalue weighted by molar-refractivity contribution is 0.215. The van der Waals surface area contributed by atoms with E-state index in [0.717, 1.165) is 18.8 Å². The summed E-state index contributed by atoms with van der Waals surface area (Å²) in [4.78, 5) is 2.41. The normalized spacial score (nSPS) is 17.0. The molecule has 2 aromatic rings. The number of fused-ring (bicyclic) bond motifs is 1. The molecular weight excluding hydrogens is 212 g/mol. The Kier molecular flexibility index (Phi) is 2.37. The molecule has 1 atom stereocenters. The maximum atomic E-state index is 6.01. The van der Waals surface area contributed by atoms with Crippen molar-refractivity contribution < 1.29 is 0 Å². The summed E-state index contributed by atoms with van der Waals surface area (Å²) < 4.78 is 0. The number of anilines is 1. The molecule has 88 valence electrons. The summed E-state index contributed by atoms with van der Waals surface area (Å²) in [5.74, 6) is 0. The summed E-state index contributed by atoms with van der Waals surface area (Å²) in [5, 5.41) is 6.87. The number of nitrogens with one attached hydrogen (secondary N) is 1. The zero-order valence-corrected chi connectivity index (χ0v) is 9.85. The Morgan fingerprint density at radius 1 is 1.41 bits per heavy atom. The molecule has 1 aliphatic heterocycles. The molecule has 0 saturated carbocycles. The van der Waals surface area contributed by atoms with Crippen LogP contribution in [0.3, 0.4) is 0 Å². The average Bonchev–Trinajstić information content (AvgIpc) is 2.98. The molecule has 1 aromatic carbocycles. The third-order valence-electron chi connectivity index (χ3n) is 3.59. The number of aromatic amines is 1. The first-order valence-electron chi connectivity index (χ1n) is 5.84. The highest BCUT2D eigenvalue weighted by molar-refractivity contribution is 5.52. The molecule has 0 spiro atoms. The first-order chi connectivity index (χ1) is 8.25. The number of rotatable bonds is 2. The van der Waals surface area contributed by atoms with Crippen molar-refractivity contribution in [1.29, 1.82) is 0 Å². The Morgan fingerprint density at radius 3 is 3.00 bits per heavy atom. The fourth-order valence-electron chi connectivity index (χ4n) is 2.45. The van der Waals surface area contributed by atoms with Crippen LogP contribution in [-0.4, -0.2) is 15.1 Å². The summed E-state index contributed by atoms with van der Waals surface area (Å²) >= 11 is 0. The Balaban J connectivity index is 1.85. The average molecular weight is 228 g/mol. The van der Waals surface area contributed by atoms with Crippen molar-refractivity contribution in [2.45, 2.75) is 26.1 Å². The molecule has 1 unspecified atom stereocenters. The molecule has 1 aliphatic rings. The Bertz CT molecular complexity index is 518. The van der Waals surface area contributed by atoms with E-state index in [9.17, 15) is 0 Å². The van der Waals surface area contributed by atoms with Gasteiger partial charge in [-0.15, -0.1) is 0 Å². The molecule has 0 amide bonds. The maximum absolute atomic E-state index is 6.01. The van der Waals surface area contributed by atoms with Gasteiger partial charge in [0.2, 0.25) is 0 Å². The summed E-state index contributed by atoms with van der Waals surface area (Å²) in [6.07, 6.45) is 3.84. The standard InChI is InChI=1S/C13H16N4/c1-9(11-5-15-16-6-11)17-7-10-3-2-4-13(14)12(10)8-17/h2-6,9H,7-8,14H2,1H3,(H,15,16). The van der Waals surface area contributed by atoms with E-state index in [1.54, 1.807) is 0 Å². The molecular formula is C13H16N4. The molecule has 4 nitrogen and oxygen atoms in total. The number of aromatic nitrogens is 2. The molecule has 0 bridgehead atoms. The predicted molar refractivity (Wildman–Crippen MR) is 67.1 cm³/mol. The van der Waals surface area contributed by atoms with Crippen LogP contribution >= 0.6 is 0 Å². The highest BCUT2D eigenvalue weighted by Crippen LogP contribution is 2.33. The monoisotopic (exact) mass is 228 g/mol. The van der Waals surface area contributed by atoms with Crippen LogP contribution in [-0.2, 0) is 13.1 Å². The van der Waals surface area contributed by atoms with Gasteiger partial charge in [0.15, 0.2) is 0 Å². The topological polar surface area (TPSA) is 57.9 Å². The van der Waals surface area contributed by atoms with E-state index in [1.165, 1.54) is 16.7 Å². The highest BCUT2D eigenvalue weighted by Gasteiger charge is 2.25. The second-order valence-electron chi connectivity index (χ2n) is 4.60. The molecule has 0 aliphatic carbocycles. The van der Waals surface area contributed by atoms with E-state index in [2.05, 4.69) is 28.1 Å². The summed E-state index contributed by atoms with van der Waals surface area (Å²) in [6, 6.07) is 6.53. The molecule has 0 radical (unpaired) electrons. The number of benzene rings is 1. The van der Waals surface area contributed by atoms with Gasteiger partial charge in [-0.2, -0.15) is 5.10 Å². The molecule has 17 heavy (non-hydrogen) atoms. The number of nitrogens with zero attached hydrogens (tertiary/aromatic N) is 2. The van der Waals surface area contributed by atoms with E-state index in [0.29, 0.717) is 6.04 Å². The minimum atomic E-state index is 0.362. The second-order valence-corrected chi connectivity index (χ2v) is 4.60. The van der Waals surface area contributed by atoms with Crippen LogP contribution < -0.4 is 5.73 Å². The third-order valence-corrected chi connectivity index (χ3v) is 3.59. The van der Waals surface area contributed by atoms with Gasteiger partial charge in [0, 0.05) is 36.6 Å². The van der Waals surface area contributed by atoms with Crippen molar-refractivity contribution in [3.63, 3.8) is 0 Å². The summed E-state index contributed by atoms with van der Waals surface area (Å²) in [7, 11) is 0. The van der Waals surface area contributed by atoms with Gasteiger partial charge >= 0.3 is 0 Å². The van der Waals surface area contributed by atoms with E-state index >= 15 is 0 Å². The Labute approximate surface area is 100 Å². The van der Waals surface area contributed by atoms with Crippen LogP contribution in [0, 0.1) is 0 Å². The van der Waals surface area contributed by atoms with Crippen LogP contribution in [0.5, 0.6) is 0 Å². The van der Waals surface area contributed by atoms with E-state index in [-0.39, 0.29) is 0 Å². The van der Waals surface area contributed by atoms with Crippen molar-refractivity contribution in [1.82, 2.24) is 15.1 Å². The SMILES string of the molecule is CC(c1cn[nH]c1)N1Cc2cccc(N)c2C1. The van der Waals surface area contributed by atoms with Gasteiger partial charge in [0.05, 0.1) is 6.20 Å². The van der Waals surface area contributed by atoms with Crippen molar-refractivity contribution in [2.75, 3.05) is 5.73 Å². The summed E-state index contributed by atoms with van der Waals surface area (Å²) in [5.41, 5.74) is 10.8. The fraction of sp³-hybridized carbons (Fsp3) is 0.308. The van der Waals surface area contributed by atoms with Crippen LogP contribution in [0.15, 0.2) is 30.6 Å². The number of hydrogen-bond acceptors (Lipinski definition) is 3. The lowest BCUT2D eigenvalue weighted by Crippen LogP contribution is -2.20.